The summed E-state index contributed by atoms with van der Waals surface area (Å²) in [4.78, 5) is 17.2. The van der Waals surface area contributed by atoms with Gasteiger partial charge in [-0.05, 0) is 32.4 Å². The number of hydrogen-bond acceptors (Lipinski definition) is 6. The average Bonchev–Trinajstić information content (AvgIpc) is 3.07. The standard InChI is InChI=1S/C18H20N4O2S/c1-4-22-11-19-21-18(22)25-10-15-16(17(23)24-5-2)12(3)13-8-6-7-9-14(13)20-15/h6-9,11H,4-5,10H2,1-3H3. The molecule has 0 N–H and O–H groups in total. The number of aromatic nitrogens is 4. The summed E-state index contributed by atoms with van der Waals surface area (Å²) in [7, 11) is 0. The minimum Gasteiger partial charge on any atom is -0.462 e. The van der Waals surface area contributed by atoms with Gasteiger partial charge in [-0.15, -0.1) is 10.2 Å². The van der Waals surface area contributed by atoms with Crippen molar-refractivity contribution in [3.8, 4) is 0 Å². The minimum atomic E-state index is -0.328. The van der Waals surface area contributed by atoms with Gasteiger partial charge in [-0.25, -0.2) is 4.79 Å². The lowest BCUT2D eigenvalue weighted by molar-refractivity contribution is 0.0524. The Morgan fingerprint density at radius 2 is 2.08 bits per heavy atom. The van der Waals surface area contributed by atoms with E-state index in [2.05, 4.69) is 10.2 Å². The van der Waals surface area contributed by atoms with E-state index >= 15 is 0 Å². The van der Waals surface area contributed by atoms with Crippen molar-refractivity contribution < 1.29 is 9.53 Å². The predicted octanol–water partition coefficient (Wildman–Crippen LogP) is 3.62. The van der Waals surface area contributed by atoms with Crippen LogP contribution in [0.2, 0.25) is 0 Å². The highest BCUT2D eigenvalue weighted by Crippen LogP contribution is 2.28. The van der Waals surface area contributed by atoms with E-state index in [0.29, 0.717) is 23.6 Å². The Hall–Kier alpha value is -2.41. The second-order valence-electron chi connectivity index (χ2n) is 5.48. The number of esters is 1. The molecule has 2 aromatic heterocycles. The summed E-state index contributed by atoms with van der Waals surface area (Å²) in [5.74, 6) is 0.198. The molecule has 0 atom stereocenters. The molecule has 0 aliphatic heterocycles. The van der Waals surface area contributed by atoms with E-state index in [1.165, 1.54) is 11.8 Å². The fraction of sp³-hybridized carbons (Fsp3) is 0.333. The van der Waals surface area contributed by atoms with Crippen LogP contribution in [-0.2, 0) is 17.0 Å². The van der Waals surface area contributed by atoms with Crippen LogP contribution in [0.5, 0.6) is 0 Å². The summed E-state index contributed by atoms with van der Waals surface area (Å²) < 4.78 is 7.22. The number of pyridine rings is 1. The van der Waals surface area contributed by atoms with Crippen molar-refractivity contribution in [2.75, 3.05) is 6.61 Å². The van der Waals surface area contributed by atoms with Gasteiger partial charge < -0.3 is 9.30 Å². The Bertz CT molecular complexity index is 907. The van der Waals surface area contributed by atoms with Crippen LogP contribution in [0.1, 0.15) is 35.5 Å². The van der Waals surface area contributed by atoms with E-state index in [4.69, 9.17) is 9.72 Å². The second-order valence-corrected chi connectivity index (χ2v) is 6.43. The monoisotopic (exact) mass is 356 g/mol. The average molecular weight is 356 g/mol. The van der Waals surface area contributed by atoms with Crippen LogP contribution in [0.25, 0.3) is 10.9 Å². The maximum atomic E-state index is 12.5. The van der Waals surface area contributed by atoms with Gasteiger partial charge in [0.15, 0.2) is 5.16 Å². The predicted molar refractivity (Wildman–Crippen MR) is 97.7 cm³/mol. The molecule has 6 nitrogen and oxygen atoms in total. The molecule has 0 saturated heterocycles. The fourth-order valence-corrected chi connectivity index (χ4v) is 3.65. The van der Waals surface area contributed by atoms with E-state index in [1.807, 2.05) is 42.7 Å². The molecule has 0 unspecified atom stereocenters. The molecule has 0 aliphatic rings. The van der Waals surface area contributed by atoms with Gasteiger partial charge in [-0.2, -0.15) is 0 Å². The molecule has 0 radical (unpaired) electrons. The van der Waals surface area contributed by atoms with Crippen molar-refractivity contribution >= 4 is 28.6 Å². The zero-order chi connectivity index (χ0) is 17.8. The molecule has 25 heavy (non-hydrogen) atoms. The van der Waals surface area contributed by atoms with Gasteiger partial charge >= 0.3 is 5.97 Å². The Labute approximate surface area is 150 Å². The van der Waals surface area contributed by atoms with Crippen molar-refractivity contribution in [1.29, 1.82) is 0 Å². The molecule has 0 amide bonds. The summed E-state index contributed by atoms with van der Waals surface area (Å²) >= 11 is 1.52. The third-order valence-corrected chi connectivity index (χ3v) is 4.96. The molecule has 2 heterocycles. The van der Waals surface area contributed by atoms with Crippen LogP contribution < -0.4 is 0 Å². The van der Waals surface area contributed by atoms with Gasteiger partial charge in [0.05, 0.1) is 23.4 Å². The van der Waals surface area contributed by atoms with Crippen LogP contribution in [-0.4, -0.2) is 32.3 Å². The largest absolute Gasteiger partial charge is 0.462 e. The number of para-hydroxylation sites is 1. The highest BCUT2D eigenvalue weighted by Gasteiger charge is 2.20. The quantitative estimate of drug-likeness (QED) is 0.496. The van der Waals surface area contributed by atoms with E-state index in [0.717, 1.165) is 28.2 Å². The van der Waals surface area contributed by atoms with E-state index in [-0.39, 0.29) is 5.97 Å². The van der Waals surface area contributed by atoms with Crippen LogP contribution in [0.4, 0.5) is 0 Å². The lowest BCUT2D eigenvalue weighted by Crippen LogP contribution is -2.12. The summed E-state index contributed by atoms with van der Waals surface area (Å²) in [5.41, 5.74) is 3.04. The van der Waals surface area contributed by atoms with Crippen molar-refractivity contribution in [3.05, 3.63) is 47.4 Å². The van der Waals surface area contributed by atoms with Gasteiger partial charge in [-0.3, -0.25) is 4.98 Å². The molecule has 0 saturated carbocycles. The first-order valence-corrected chi connectivity index (χ1v) is 9.20. The van der Waals surface area contributed by atoms with E-state index in [1.54, 1.807) is 13.3 Å². The molecular weight excluding hydrogens is 336 g/mol. The number of benzene rings is 1. The van der Waals surface area contributed by atoms with Crippen molar-refractivity contribution in [2.24, 2.45) is 0 Å². The van der Waals surface area contributed by atoms with Gasteiger partial charge in [-0.1, -0.05) is 30.0 Å². The van der Waals surface area contributed by atoms with Gasteiger partial charge in [0, 0.05) is 17.7 Å². The topological polar surface area (TPSA) is 69.9 Å². The van der Waals surface area contributed by atoms with Crippen LogP contribution in [0.3, 0.4) is 0 Å². The maximum absolute atomic E-state index is 12.5. The molecule has 0 bridgehead atoms. The van der Waals surface area contributed by atoms with Crippen LogP contribution in [0.15, 0.2) is 35.7 Å². The summed E-state index contributed by atoms with van der Waals surface area (Å²) in [6.07, 6.45) is 1.70. The Kier molecular flexibility index (Phi) is 5.33. The lowest BCUT2D eigenvalue weighted by atomic mass is 10.0. The zero-order valence-corrected chi connectivity index (χ0v) is 15.3. The van der Waals surface area contributed by atoms with Gasteiger partial charge in [0.1, 0.15) is 6.33 Å². The third-order valence-electron chi connectivity index (χ3n) is 3.97. The van der Waals surface area contributed by atoms with Gasteiger partial charge in [0.2, 0.25) is 0 Å². The Morgan fingerprint density at radius 1 is 1.28 bits per heavy atom. The highest BCUT2D eigenvalue weighted by molar-refractivity contribution is 7.98. The summed E-state index contributed by atoms with van der Waals surface area (Å²) in [6, 6.07) is 7.83. The number of fused-ring (bicyclic) bond motifs is 1. The van der Waals surface area contributed by atoms with E-state index < -0.39 is 0 Å². The van der Waals surface area contributed by atoms with E-state index in [9.17, 15) is 4.79 Å². The molecule has 0 aliphatic carbocycles. The first kappa shape index (κ1) is 17.4. The second kappa shape index (κ2) is 7.65. The number of carbonyl (C=O) groups excluding carboxylic acids is 1. The minimum absolute atomic E-state index is 0.328. The number of rotatable bonds is 6. The van der Waals surface area contributed by atoms with Gasteiger partial charge in [0.25, 0.3) is 0 Å². The third kappa shape index (κ3) is 3.51. The number of nitrogens with zero attached hydrogens (tertiary/aromatic N) is 4. The molecule has 1 aromatic carbocycles. The summed E-state index contributed by atoms with van der Waals surface area (Å²) in [5, 5.41) is 9.85. The van der Waals surface area contributed by atoms with Crippen molar-refractivity contribution in [2.45, 2.75) is 38.2 Å². The summed E-state index contributed by atoms with van der Waals surface area (Å²) in [6.45, 7) is 6.92. The number of ether oxygens (including phenoxy) is 1. The first-order valence-electron chi connectivity index (χ1n) is 8.21. The SMILES string of the molecule is CCOC(=O)c1c(CSc2nncn2CC)nc2ccccc2c1C. The molecule has 130 valence electrons. The maximum Gasteiger partial charge on any atom is 0.340 e. The van der Waals surface area contributed by atoms with Crippen molar-refractivity contribution in [3.63, 3.8) is 0 Å². The van der Waals surface area contributed by atoms with Crippen LogP contribution in [0, 0.1) is 6.92 Å². The molecule has 3 rings (SSSR count). The molecule has 3 aromatic rings. The molecular formula is C18H20N4O2S. The molecule has 7 heteroatoms. The van der Waals surface area contributed by atoms with Crippen molar-refractivity contribution in [1.82, 2.24) is 19.7 Å². The molecule has 0 fully saturated rings. The number of aryl methyl sites for hydroxylation is 2. The number of hydrogen-bond donors (Lipinski definition) is 0. The number of carbonyl (C=O) groups is 1. The van der Waals surface area contributed by atoms with Crippen LogP contribution >= 0.6 is 11.8 Å². The Balaban J connectivity index is 2.02. The fourth-order valence-electron chi connectivity index (χ4n) is 2.73. The highest BCUT2D eigenvalue weighted by atomic mass is 32.2. The smallest absolute Gasteiger partial charge is 0.340 e. The zero-order valence-electron chi connectivity index (χ0n) is 14.5. The normalized spacial score (nSPS) is 11.0. The molecule has 0 spiro atoms. The number of thioether (sulfide) groups is 1. The Morgan fingerprint density at radius 3 is 2.84 bits per heavy atom. The lowest BCUT2D eigenvalue weighted by Gasteiger charge is -2.13. The first-order chi connectivity index (χ1) is 12.2.